The molecule has 2 heterocycles. The van der Waals surface area contributed by atoms with Crippen LogP contribution in [-0.2, 0) is 6.54 Å². The quantitative estimate of drug-likeness (QED) is 0.402. The fourth-order valence-electron chi connectivity index (χ4n) is 2.67. The van der Waals surface area contributed by atoms with Crippen LogP contribution in [0.2, 0.25) is 0 Å². The smallest absolute Gasteiger partial charge is 0.315 e. The van der Waals surface area contributed by atoms with Crippen molar-refractivity contribution in [1.29, 1.82) is 0 Å². The molecule has 158 valence electrons. The Morgan fingerprint density at radius 3 is 2.73 bits per heavy atom. The minimum absolute atomic E-state index is 0.161. The molecule has 0 saturated heterocycles. The summed E-state index contributed by atoms with van der Waals surface area (Å²) in [6.07, 6.45) is 8.29. The number of urea groups is 1. The number of hydrogen-bond donors (Lipinski definition) is 5. The second kappa shape index (κ2) is 10.2. The third-order valence-corrected chi connectivity index (χ3v) is 4.49. The van der Waals surface area contributed by atoms with E-state index in [0.717, 1.165) is 24.1 Å². The van der Waals surface area contributed by atoms with Crippen LogP contribution in [0.15, 0.2) is 36.5 Å². The molecule has 0 atom stereocenters. The van der Waals surface area contributed by atoms with Gasteiger partial charge in [0.1, 0.15) is 11.6 Å². The molecule has 0 unspecified atom stereocenters. The lowest BCUT2D eigenvalue weighted by Crippen LogP contribution is -2.35. The van der Waals surface area contributed by atoms with Crippen LogP contribution in [0.1, 0.15) is 40.9 Å². The Bertz CT molecular complexity index is 908. The van der Waals surface area contributed by atoms with Gasteiger partial charge >= 0.3 is 6.03 Å². The average molecular weight is 409 g/mol. The maximum Gasteiger partial charge on any atom is 0.315 e. The molecule has 2 aromatic heterocycles. The molecule has 0 bridgehead atoms. The zero-order valence-electron chi connectivity index (χ0n) is 16.9. The van der Waals surface area contributed by atoms with E-state index in [2.05, 4.69) is 31.2 Å². The van der Waals surface area contributed by atoms with Crippen LogP contribution in [0.3, 0.4) is 0 Å². The van der Waals surface area contributed by atoms with Crippen LogP contribution >= 0.6 is 0 Å². The monoisotopic (exact) mass is 409 g/mol. The van der Waals surface area contributed by atoms with E-state index in [-0.39, 0.29) is 11.9 Å². The molecule has 0 radical (unpaired) electrons. The number of pyridine rings is 2. The largest absolute Gasteiger partial charge is 0.384 e. The number of rotatable bonds is 9. The highest BCUT2D eigenvalue weighted by molar-refractivity contribution is 5.98. The molecular weight excluding hydrogens is 382 g/mol. The number of amides is 3. The maximum atomic E-state index is 12.0. The maximum absolute atomic E-state index is 12.0. The molecule has 1 aliphatic rings. The van der Waals surface area contributed by atoms with Crippen molar-refractivity contribution < 1.29 is 9.59 Å². The van der Waals surface area contributed by atoms with Gasteiger partial charge in [-0.15, -0.1) is 0 Å². The van der Waals surface area contributed by atoms with Crippen molar-refractivity contribution in [3.63, 3.8) is 0 Å². The molecule has 1 aliphatic carbocycles. The van der Waals surface area contributed by atoms with E-state index < -0.39 is 0 Å². The molecule has 9 nitrogen and oxygen atoms in total. The van der Waals surface area contributed by atoms with Gasteiger partial charge in [-0.2, -0.15) is 0 Å². The van der Waals surface area contributed by atoms with Crippen molar-refractivity contribution >= 4 is 29.7 Å². The average Bonchev–Trinajstić information content (AvgIpc) is 3.57. The highest BCUT2D eigenvalue weighted by Crippen LogP contribution is 2.26. The van der Waals surface area contributed by atoms with Crippen molar-refractivity contribution in [2.45, 2.75) is 31.8 Å². The summed E-state index contributed by atoms with van der Waals surface area (Å²) in [7, 11) is 1.60. The summed E-state index contributed by atoms with van der Waals surface area (Å²) in [5.74, 6) is 0.892. The predicted molar refractivity (Wildman–Crippen MR) is 117 cm³/mol. The first-order valence-electron chi connectivity index (χ1n) is 9.93. The van der Waals surface area contributed by atoms with Crippen LogP contribution in [0.5, 0.6) is 0 Å². The van der Waals surface area contributed by atoms with Crippen molar-refractivity contribution in [1.82, 2.24) is 25.9 Å². The number of carbonyl (C=O) groups is 2. The first kappa shape index (κ1) is 21.1. The van der Waals surface area contributed by atoms with Gasteiger partial charge in [0.05, 0.1) is 11.3 Å². The Labute approximate surface area is 175 Å². The standard InChI is InChI=1S/C21H27N7O2/c1-23-20(29)17-9-8-15(27-19(17)28-16-6-7-16)4-2-3-11-24-21(30)26-13-14-5-10-18(22)25-12-14/h2,4-5,8-10,12,16H,3,6-7,11,13H2,1H3,(H2,22,25)(H,23,29)(H,27,28)(H2,24,26,30)/b4-2-. The Balaban J connectivity index is 1.43. The summed E-state index contributed by atoms with van der Waals surface area (Å²) in [5.41, 5.74) is 7.70. The SMILES string of the molecule is CNC(=O)c1ccc(/C=C\CCNC(=O)NCc2ccc(N)nc2)nc1NC1CC1. The van der Waals surface area contributed by atoms with Gasteiger partial charge in [-0.3, -0.25) is 4.79 Å². The van der Waals surface area contributed by atoms with Crippen LogP contribution in [0, 0.1) is 0 Å². The zero-order chi connectivity index (χ0) is 21.3. The van der Waals surface area contributed by atoms with Crippen LogP contribution in [0.4, 0.5) is 16.4 Å². The van der Waals surface area contributed by atoms with E-state index in [4.69, 9.17) is 5.73 Å². The normalized spacial score (nSPS) is 13.1. The number of nitrogen functional groups attached to an aromatic ring is 1. The molecule has 2 aromatic rings. The van der Waals surface area contributed by atoms with Gasteiger partial charge in [0.2, 0.25) is 0 Å². The molecule has 1 fully saturated rings. The van der Waals surface area contributed by atoms with E-state index in [1.807, 2.05) is 18.2 Å². The first-order valence-corrected chi connectivity index (χ1v) is 9.93. The van der Waals surface area contributed by atoms with Crippen LogP contribution in [-0.4, -0.2) is 41.5 Å². The van der Waals surface area contributed by atoms with E-state index in [0.29, 0.717) is 42.8 Å². The number of nitrogens with zero attached hydrogens (tertiary/aromatic N) is 2. The molecule has 9 heteroatoms. The zero-order valence-corrected chi connectivity index (χ0v) is 16.9. The summed E-state index contributed by atoms with van der Waals surface area (Å²) in [4.78, 5) is 32.4. The predicted octanol–water partition coefficient (Wildman–Crippen LogP) is 1.90. The fraction of sp³-hybridized carbons (Fsp3) is 0.333. The van der Waals surface area contributed by atoms with Crippen LogP contribution in [0.25, 0.3) is 6.08 Å². The number of aromatic nitrogens is 2. The minimum atomic E-state index is -0.246. The second-order valence-electron chi connectivity index (χ2n) is 7.02. The van der Waals surface area contributed by atoms with Gasteiger partial charge in [-0.05, 0) is 49.1 Å². The van der Waals surface area contributed by atoms with Gasteiger partial charge in [0.15, 0.2) is 0 Å². The minimum Gasteiger partial charge on any atom is -0.384 e. The molecule has 0 aliphatic heterocycles. The van der Waals surface area contributed by atoms with Crippen molar-refractivity contribution in [2.75, 3.05) is 24.6 Å². The van der Waals surface area contributed by atoms with Gasteiger partial charge in [0.25, 0.3) is 5.91 Å². The number of hydrogen-bond acceptors (Lipinski definition) is 6. The van der Waals surface area contributed by atoms with Gasteiger partial charge in [0, 0.05) is 32.4 Å². The molecule has 6 N–H and O–H groups in total. The highest BCUT2D eigenvalue weighted by atomic mass is 16.2. The number of anilines is 2. The van der Waals surface area contributed by atoms with Crippen molar-refractivity contribution in [2.24, 2.45) is 0 Å². The third-order valence-electron chi connectivity index (χ3n) is 4.49. The van der Waals surface area contributed by atoms with Gasteiger partial charge in [-0.25, -0.2) is 14.8 Å². The molecule has 3 rings (SSSR count). The fourth-order valence-corrected chi connectivity index (χ4v) is 2.67. The lowest BCUT2D eigenvalue weighted by Gasteiger charge is -2.10. The first-order chi connectivity index (χ1) is 14.5. The molecule has 1 saturated carbocycles. The summed E-state index contributed by atoms with van der Waals surface area (Å²) in [6, 6.07) is 7.24. The summed E-state index contributed by atoms with van der Waals surface area (Å²) in [6.45, 7) is 0.874. The van der Waals surface area contributed by atoms with E-state index in [1.165, 1.54) is 0 Å². The molecular formula is C21H27N7O2. The molecule has 30 heavy (non-hydrogen) atoms. The Morgan fingerprint density at radius 1 is 1.20 bits per heavy atom. The van der Waals surface area contributed by atoms with E-state index in [9.17, 15) is 9.59 Å². The van der Waals surface area contributed by atoms with E-state index in [1.54, 1.807) is 31.4 Å². The summed E-state index contributed by atoms with van der Waals surface area (Å²) < 4.78 is 0. The van der Waals surface area contributed by atoms with Crippen LogP contribution < -0.4 is 27.0 Å². The molecule has 0 spiro atoms. The van der Waals surface area contributed by atoms with Crippen molar-refractivity contribution in [3.8, 4) is 0 Å². The van der Waals surface area contributed by atoms with Gasteiger partial charge in [-0.1, -0.05) is 12.1 Å². The number of nitrogens with one attached hydrogen (secondary N) is 4. The Kier molecular flexibility index (Phi) is 7.20. The van der Waals surface area contributed by atoms with E-state index >= 15 is 0 Å². The van der Waals surface area contributed by atoms with Crippen molar-refractivity contribution in [3.05, 3.63) is 53.4 Å². The molecule has 0 aromatic carbocycles. The molecule has 3 amide bonds. The number of carbonyl (C=O) groups excluding carboxylic acids is 2. The summed E-state index contributed by atoms with van der Waals surface area (Å²) in [5, 5.41) is 11.5. The highest BCUT2D eigenvalue weighted by Gasteiger charge is 2.24. The topological polar surface area (TPSA) is 134 Å². The second-order valence-corrected chi connectivity index (χ2v) is 7.02. The lowest BCUT2D eigenvalue weighted by atomic mass is 10.2. The summed E-state index contributed by atoms with van der Waals surface area (Å²) >= 11 is 0. The third kappa shape index (κ3) is 6.47. The Hall–Kier alpha value is -3.62. The van der Waals surface area contributed by atoms with Gasteiger partial charge < -0.3 is 27.0 Å². The Morgan fingerprint density at radius 2 is 2.03 bits per heavy atom. The lowest BCUT2D eigenvalue weighted by molar-refractivity contribution is 0.0963. The number of nitrogens with two attached hydrogens (primary N) is 1.